The van der Waals surface area contributed by atoms with Crippen LogP contribution in [0.3, 0.4) is 0 Å². The number of thiophene rings is 1. The number of hydrogen-bond donors (Lipinski definition) is 0. The molecule has 266 valence electrons. The van der Waals surface area contributed by atoms with Crippen molar-refractivity contribution in [1.82, 2.24) is 29.5 Å². The Labute approximate surface area is 329 Å². The van der Waals surface area contributed by atoms with Gasteiger partial charge < -0.3 is 8.98 Å². The van der Waals surface area contributed by atoms with Crippen LogP contribution in [0.1, 0.15) is 0 Å². The summed E-state index contributed by atoms with van der Waals surface area (Å²) in [4.78, 5) is 26.2. The van der Waals surface area contributed by atoms with E-state index in [2.05, 4.69) is 108 Å². The number of para-hydroxylation sites is 4. The van der Waals surface area contributed by atoms with Crippen molar-refractivity contribution in [2.45, 2.75) is 0 Å². The molecule has 12 rings (SSSR count). The third-order valence-corrected chi connectivity index (χ3v) is 11.9. The van der Waals surface area contributed by atoms with Gasteiger partial charge in [-0.3, -0.25) is 0 Å². The van der Waals surface area contributed by atoms with Crippen molar-refractivity contribution in [3.05, 3.63) is 170 Å². The Balaban J connectivity index is 1.13. The topological polar surface area (TPSA) is 82.5 Å². The van der Waals surface area contributed by atoms with Crippen molar-refractivity contribution in [2.75, 3.05) is 0 Å². The quantitative estimate of drug-likeness (QED) is 0.174. The van der Waals surface area contributed by atoms with Crippen LogP contribution in [0.4, 0.5) is 0 Å². The van der Waals surface area contributed by atoms with Crippen molar-refractivity contribution < 1.29 is 4.42 Å². The molecule has 0 radical (unpaired) electrons. The maximum Gasteiger partial charge on any atom is 0.184 e. The summed E-state index contributed by atoms with van der Waals surface area (Å²) in [7, 11) is 0. The van der Waals surface area contributed by atoms with E-state index in [-0.39, 0.29) is 0 Å². The number of aromatic nitrogens is 6. The third-order valence-electron chi connectivity index (χ3n) is 10.7. The number of furan rings is 1. The molecule has 0 aliphatic rings. The van der Waals surface area contributed by atoms with Gasteiger partial charge in [-0.25, -0.2) is 24.9 Å². The van der Waals surface area contributed by atoms with E-state index in [9.17, 15) is 0 Å². The van der Waals surface area contributed by atoms with Crippen LogP contribution < -0.4 is 0 Å². The van der Waals surface area contributed by atoms with Crippen molar-refractivity contribution in [3.63, 3.8) is 0 Å². The highest BCUT2D eigenvalue weighted by Crippen LogP contribution is 2.41. The molecule has 0 spiro atoms. The molecule has 0 amide bonds. The van der Waals surface area contributed by atoms with E-state index >= 15 is 0 Å². The molecule has 7 aromatic carbocycles. The van der Waals surface area contributed by atoms with Crippen LogP contribution in [0.15, 0.2) is 174 Å². The maximum atomic E-state index is 6.49. The SMILES string of the molecule is c1ccc(-c2nc(-c3cccc4c3oc3ccccc34)nc(-c3nc(-c4ccc5c6ccccc6n(-c6ccccc6)c5c4)nc4c3sc3ccccc34)n2)cc1. The zero-order valence-electron chi connectivity index (χ0n) is 30.2. The number of nitrogens with zero attached hydrogens (tertiary/aromatic N) is 6. The van der Waals surface area contributed by atoms with Crippen LogP contribution in [0, 0.1) is 0 Å². The summed E-state index contributed by atoms with van der Waals surface area (Å²) in [5.74, 6) is 2.11. The first kappa shape index (κ1) is 31.8. The second-order valence-corrected chi connectivity index (χ2v) is 15.1. The van der Waals surface area contributed by atoms with Crippen molar-refractivity contribution in [1.29, 1.82) is 0 Å². The van der Waals surface area contributed by atoms with E-state index in [1.54, 1.807) is 11.3 Å². The fourth-order valence-corrected chi connectivity index (χ4v) is 9.21. The molecule has 0 bridgehead atoms. The fourth-order valence-electron chi connectivity index (χ4n) is 8.08. The van der Waals surface area contributed by atoms with Crippen LogP contribution >= 0.6 is 11.3 Å². The molecule has 0 saturated carbocycles. The minimum absolute atomic E-state index is 0.464. The van der Waals surface area contributed by atoms with Crippen molar-refractivity contribution >= 4 is 75.4 Å². The lowest BCUT2D eigenvalue weighted by molar-refractivity contribution is 0.669. The second kappa shape index (κ2) is 12.5. The molecule has 0 unspecified atom stereocenters. The van der Waals surface area contributed by atoms with E-state index in [1.165, 1.54) is 5.39 Å². The molecule has 0 atom stereocenters. The Morgan fingerprint density at radius 2 is 1.11 bits per heavy atom. The number of fused-ring (bicyclic) bond motifs is 9. The summed E-state index contributed by atoms with van der Waals surface area (Å²) in [6.45, 7) is 0. The van der Waals surface area contributed by atoms with Gasteiger partial charge in [-0.2, -0.15) is 0 Å². The van der Waals surface area contributed by atoms with Gasteiger partial charge in [0, 0.05) is 48.4 Å². The second-order valence-electron chi connectivity index (χ2n) is 14.0. The zero-order valence-corrected chi connectivity index (χ0v) is 31.0. The van der Waals surface area contributed by atoms with E-state index in [0.29, 0.717) is 29.0 Å². The smallest absolute Gasteiger partial charge is 0.184 e. The van der Waals surface area contributed by atoms with Crippen LogP contribution in [0.5, 0.6) is 0 Å². The Hall–Kier alpha value is -7.55. The lowest BCUT2D eigenvalue weighted by Gasteiger charge is -2.11. The number of rotatable bonds is 5. The average Bonchev–Trinajstić information content (AvgIpc) is 3.96. The van der Waals surface area contributed by atoms with E-state index in [0.717, 1.165) is 81.0 Å². The van der Waals surface area contributed by atoms with Gasteiger partial charge in [-0.05, 0) is 42.5 Å². The molecule has 0 fully saturated rings. The van der Waals surface area contributed by atoms with Crippen molar-refractivity contribution in [2.24, 2.45) is 0 Å². The Morgan fingerprint density at radius 1 is 0.439 bits per heavy atom. The first-order chi connectivity index (χ1) is 28.2. The first-order valence-corrected chi connectivity index (χ1v) is 19.6. The summed E-state index contributed by atoms with van der Waals surface area (Å²) >= 11 is 1.65. The summed E-state index contributed by atoms with van der Waals surface area (Å²) in [5, 5.41) is 5.46. The van der Waals surface area contributed by atoms with Gasteiger partial charge in [0.1, 0.15) is 16.9 Å². The molecule has 5 aromatic heterocycles. The molecule has 0 saturated heterocycles. The minimum Gasteiger partial charge on any atom is -0.455 e. The molecular formula is C49H28N6OS. The van der Waals surface area contributed by atoms with Crippen LogP contribution in [0.25, 0.3) is 115 Å². The monoisotopic (exact) mass is 748 g/mol. The van der Waals surface area contributed by atoms with Crippen LogP contribution in [0.2, 0.25) is 0 Å². The molecule has 0 aliphatic heterocycles. The number of hydrogen-bond acceptors (Lipinski definition) is 7. The summed E-state index contributed by atoms with van der Waals surface area (Å²) in [5.41, 5.74) is 8.92. The predicted octanol–water partition coefficient (Wildman–Crippen LogP) is 12.7. The molecular weight excluding hydrogens is 721 g/mol. The lowest BCUT2D eigenvalue weighted by Crippen LogP contribution is -2.03. The number of benzene rings is 7. The van der Waals surface area contributed by atoms with E-state index < -0.39 is 0 Å². The Kier molecular flexibility index (Phi) is 6.96. The van der Waals surface area contributed by atoms with Crippen molar-refractivity contribution in [3.8, 4) is 51.4 Å². The predicted molar refractivity (Wildman–Crippen MR) is 232 cm³/mol. The largest absolute Gasteiger partial charge is 0.455 e. The van der Waals surface area contributed by atoms with Gasteiger partial charge in [-0.1, -0.05) is 127 Å². The van der Waals surface area contributed by atoms with E-state index in [1.807, 2.05) is 66.7 Å². The zero-order chi connectivity index (χ0) is 37.5. The molecule has 12 aromatic rings. The molecule has 7 nitrogen and oxygen atoms in total. The van der Waals surface area contributed by atoms with Crippen LogP contribution in [-0.4, -0.2) is 29.5 Å². The van der Waals surface area contributed by atoms with E-state index in [4.69, 9.17) is 29.3 Å². The fraction of sp³-hybridized carbons (Fsp3) is 0. The highest BCUT2D eigenvalue weighted by Gasteiger charge is 2.23. The van der Waals surface area contributed by atoms with Gasteiger partial charge in [0.25, 0.3) is 0 Å². The summed E-state index contributed by atoms with van der Waals surface area (Å²) in [6.07, 6.45) is 0. The van der Waals surface area contributed by atoms with Crippen LogP contribution in [-0.2, 0) is 0 Å². The highest BCUT2D eigenvalue weighted by molar-refractivity contribution is 7.26. The Morgan fingerprint density at radius 3 is 1.98 bits per heavy atom. The molecule has 5 heterocycles. The molecule has 0 N–H and O–H groups in total. The normalized spacial score (nSPS) is 11.9. The molecule has 8 heteroatoms. The Bertz CT molecular complexity index is 3530. The lowest BCUT2D eigenvalue weighted by atomic mass is 10.1. The van der Waals surface area contributed by atoms with Gasteiger partial charge in [-0.15, -0.1) is 11.3 Å². The molecule has 0 aliphatic carbocycles. The summed E-state index contributed by atoms with van der Waals surface area (Å²) < 4.78 is 10.8. The van der Waals surface area contributed by atoms with Gasteiger partial charge >= 0.3 is 0 Å². The minimum atomic E-state index is 0.464. The highest BCUT2D eigenvalue weighted by atomic mass is 32.1. The average molecular weight is 749 g/mol. The third kappa shape index (κ3) is 5.01. The van der Waals surface area contributed by atoms with Gasteiger partial charge in [0.15, 0.2) is 23.3 Å². The summed E-state index contributed by atoms with van der Waals surface area (Å²) in [6, 6.07) is 58.2. The van der Waals surface area contributed by atoms with Gasteiger partial charge in [0.2, 0.25) is 0 Å². The standard InChI is InChI=1S/C49H28N6OS/c1-3-14-29(15-4-1)46-52-48(37-22-13-21-35-34-19-8-11-24-40(34)56-44(35)37)54-49(53-46)43-45-42(36-20-9-12-25-41(36)57-45)50-47(51-43)30-26-27-33-32-18-7-10-23-38(32)55(39(33)28-30)31-16-5-2-6-17-31/h1-28H. The van der Waals surface area contributed by atoms with Gasteiger partial charge in [0.05, 0.1) is 26.8 Å². The molecule has 57 heavy (non-hydrogen) atoms. The first-order valence-electron chi connectivity index (χ1n) is 18.8. The maximum absolute atomic E-state index is 6.49.